The predicted molar refractivity (Wildman–Crippen MR) is 149 cm³/mol. The third kappa shape index (κ3) is 3.76. The fraction of sp³-hybridized carbons (Fsp3) is 0.704. The van der Waals surface area contributed by atoms with Gasteiger partial charge in [0.05, 0.1) is 23.9 Å². The van der Waals surface area contributed by atoms with Crippen LogP contribution in [0.1, 0.15) is 44.7 Å². The van der Waals surface area contributed by atoms with Crippen molar-refractivity contribution in [3.05, 3.63) is 35.6 Å². The van der Waals surface area contributed by atoms with Crippen LogP contribution in [0.2, 0.25) is 19.6 Å². The summed E-state index contributed by atoms with van der Waals surface area (Å²) < 4.78 is 22.9. The molecule has 6 rings (SSSR count). The summed E-state index contributed by atoms with van der Waals surface area (Å²) in [5, 5.41) is 1.23. The minimum Gasteiger partial charge on any atom is -0.464 e. The van der Waals surface area contributed by atoms with E-state index in [4.69, 9.17) is 13.7 Å². The van der Waals surface area contributed by atoms with Gasteiger partial charge in [-0.25, -0.2) is 10.2 Å². The zero-order valence-corrected chi connectivity index (χ0v) is 24.7. The summed E-state index contributed by atoms with van der Waals surface area (Å²) >= 11 is 0. The van der Waals surface area contributed by atoms with E-state index in [1.807, 2.05) is 6.26 Å². The lowest BCUT2D eigenvalue weighted by molar-refractivity contribution is -0.199. The maximum atomic E-state index is 7.10. The number of benzene rings is 1. The van der Waals surface area contributed by atoms with Gasteiger partial charge >= 0.3 is 7.12 Å². The molecule has 2 heterocycles. The summed E-state index contributed by atoms with van der Waals surface area (Å²) in [4.78, 5) is 0. The molecule has 1 aromatic heterocycles. The molecule has 1 aromatic carbocycles. The van der Waals surface area contributed by atoms with E-state index in [1.165, 1.54) is 22.9 Å². The van der Waals surface area contributed by atoms with Crippen LogP contribution in [0.15, 0.2) is 28.9 Å². The summed E-state index contributed by atoms with van der Waals surface area (Å²) in [6.45, 7) is 16.8. The fourth-order valence-electron chi connectivity index (χ4n) is 7.72. The highest BCUT2D eigenvalue weighted by Gasteiger charge is 2.69. The van der Waals surface area contributed by atoms with Gasteiger partial charge in [0.15, 0.2) is 0 Å². The molecule has 7 heteroatoms. The molecular formula is C27H44BNO3SSi. The van der Waals surface area contributed by atoms with Gasteiger partial charge in [-0.2, -0.15) is 0 Å². The van der Waals surface area contributed by atoms with Gasteiger partial charge in [0.2, 0.25) is 0 Å². The van der Waals surface area contributed by atoms with Gasteiger partial charge in [-0.1, -0.05) is 51.7 Å². The van der Waals surface area contributed by atoms with Gasteiger partial charge in [0.1, 0.15) is 13.8 Å². The van der Waals surface area contributed by atoms with E-state index in [2.05, 4.69) is 88.3 Å². The molecule has 1 saturated heterocycles. The smallest absolute Gasteiger partial charge is 0.464 e. The predicted octanol–water partition coefficient (Wildman–Crippen LogP) is 6.67. The van der Waals surface area contributed by atoms with Crippen LogP contribution in [0, 0.1) is 24.2 Å². The van der Waals surface area contributed by atoms with Crippen LogP contribution in [-0.4, -0.2) is 55.7 Å². The SMILES string of the molecule is Cc1cccc2c(C[C@@H](B3O[C@@H]4C[C@@H]5C[C@@H](C5(C)C)[C@]4(C)O3)N([Si](C)(C)C)S(C)(C)C)coc12. The quantitative estimate of drug-likeness (QED) is 0.414. The van der Waals surface area contributed by atoms with Gasteiger partial charge < -0.3 is 13.7 Å². The van der Waals surface area contributed by atoms with Crippen LogP contribution in [0.5, 0.6) is 0 Å². The first-order valence-corrected chi connectivity index (χ1v) is 19.2. The van der Waals surface area contributed by atoms with Gasteiger partial charge in [-0.15, -0.1) is 0 Å². The normalized spacial score (nSPS) is 32.1. The molecule has 34 heavy (non-hydrogen) atoms. The average molecular weight is 502 g/mol. The van der Waals surface area contributed by atoms with Crippen molar-refractivity contribution < 1.29 is 13.7 Å². The van der Waals surface area contributed by atoms with Crippen LogP contribution < -0.4 is 0 Å². The molecule has 2 aromatic rings. The number of nitrogens with zero attached hydrogens (tertiary/aromatic N) is 1. The summed E-state index contributed by atoms with van der Waals surface area (Å²) in [6.07, 6.45) is 12.8. The standard InChI is InChI=1S/C27H44BNO3SSi/c1-18-12-11-13-21-19(17-30-25(18)21)14-24(29(33(5,6)7)34(8,9)10)28-31-23-16-20-15-22(26(20,2)3)27(23,4)32-28/h11-13,17,20,22-24H,14-16H2,1-10H3/t20-,22-,23+,24-,27-/m0/s1. The first kappa shape index (κ1) is 24.9. The average Bonchev–Trinajstić information content (AvgIpc) is 3.26. The summed E-state index contributed by atoms with van der Waals surface area (Å²) in [6, 6.07) is 6.48. The molecule has 3 saturated carbocycles. The molecule has 4 aliphatic rings. The van der Waals surface area contributed by atoms with Crippen molar-refractivity contribution >= 4 is 36.5 Å². The Morgan fingerprint density at radius 2 is 1.85 bits per heavy atom. The van der Waals surface area contributed by atoms with Crippen LogP contribution in [0.4, 0.5) is 0 Å². The zero-order valence-electron chi connectivity index (χ0n) is 22.9. The van der Waals surface area contributed by atoms with Crippen molar-refractivity contribution in [1.82, 2.24) is 3.97 Å². The second kappa shape index (κ2) is 7.88. The molecule has 0 unspecified atom stereocenters. The summed E-state index contributed by atoms with van der Waals surface area (Å²) in [5.74, 6) is 1.51. The summed E-state index contributed by atoms with van der Waals surface area (Å²) in [5.41, 5.74) is 3.64. The number of furan rings is 1. The second-order valence-electron chi connectivity index (χ2n) is 13.6. The van der Waals surface area contributed by atoms with Gasteiger partial charge in [0.25, 0.3) is 0 Å². The molecule has 0 amide bonds. The van der Waals surface area contributed by atoms with Crippen LogP contribution in [0.25, 0.3) is 11.0 Å². The van der Waals surface area contributed by atoms with E-state index in [1.54, 1.807) is 0 Å². The van der Waals surface area contributed by atoms with Crippen molar-refractivity contribution in [2.45, 2.75) is 84.2 Å². The van der Waals surface area contributed by atoms with Crippen molar-refractivity contribution in [2.24, 2.45) is 17.3 Å². The lowest BCUT2D eigenvalue weighted by Gasteiger charge is -2.64. The van der Waals surface area contributed by atoms with Gasteiger partial charge in [-0.05, 0) is 80.3 Å². The molecule has 3 aliphatic carbocycles. The Balaban J connectivity index is 1.54. The van der Waals surface area contributed by atoms with E-state index in [0.29, 0.717) is 11.3 Å². The van der Waals surface area contributed by atoms with Crippen molar-refractivity contribution in [1.29, 1.82) is 0 Å². The minimum atomic E-state index is -1.69. The number of rotatable bonds is 6. The zero-order chi connectivity index (χ0) is 24.8. The molecular weight excluding hydrogens is 457 g/mol. The van der Waals surface area contributed by atoms with Crippen molar-refractivity contribution in [3.63, 3.8) is 0 Å². The fourth-order valence-corrected chi connectivity index (χ4v) is 16.5. The number of hydrogen-bond acceptors (Lipinski definition) is 4. The Morgan fingerprint density at radius 1 is 1.15 bits per heavy atom. The van der Waals surface area contributed by atoms with Crippen LogP contribution >= 0.6 is 10.2 Å². The first-order chi connectivity index (χ1) is 15.6. The van der Waals surface area contributed by atoms with Crippen LogP contribution in [0.3, 0.4) is 0 Å². The van der Waals surface area contributed by atoms with Gasteiger partial charge in [-0.3, -0.25) is 3.97 Å². The Labute approximate surface area is 209 Å². The van der Waals surface area contributed by atoms with E-state index in [-0.39, 0.29) is 24.8 Å². The molecule has 4 fully saturated rings. The molecule has 2 bridgehead atoms. The maximum absolute atomic E-state index is 7.10. The maximum Gasteiger partial charge on any atom is 0.476 e. The molecule has 0 spiro atoms. The van der Waals surface area contributed by atoms with Gasteiger partial charge in [0, 0.05) is 5.39 Å². The number of hydrogen-bond donors (Lipinski definition) is 0. The number of para-hydroxylation sites is 1. The van der Waals surface area contributed by atoms with E-state index in [0.717, 1.165) is 24.3 Å². The molecule has 0 N–H and O–H groups in total. The van der Waals surface area contributed by atoms with Crippen molar-refractivity contribution in [2.75, 3.05) is 18.8 Å². The Hall–Kier alpha value is -0.728. The molecule has 5 atom stereocenters. The Bertz CT molecular complexity index is 1080. The Morgan fingerprint density at radius 3 is 2.47 bits per heavy atom. The van der Waals surface area contributed by atoms with E-state index in [9.17, 15) is 0 Å². The van der Waals surface area contributed by atoms with E-state index < -0.39 is 18.4 Å². The van der Waals surface area contributed by atoms with E-state index >= 15 is 0 Å². The minimum absolute atomic E-state index is 0.172. The highest BCUT2D eigenvalue weighted by Crippen LogP contribution is 2.66. The first-order valence-electron chi connectivity index (χ1n) is 12.9. The molecule has 1 aliphatic heterocycles. The monoisotopic (exact) mass is 501 g/mol. The molecule has 188 valence electrons. The highest BCUT2D eigenvalue weighted by atomic mass is 32.3. The highest BCUT2D eigenvalue weighted by molar-refractivity contribution is 8.31. The third-order valence-electron chi connectivity index (χ3n) is 9.14. The summed E-state index contributed by atoms with van der Waals surface area (Å²) in [7, 11) is -2.90. The Kier molecular flexibility index (Phi) is 5.78. The lowest BCUT2D eigenvalue weighted by atomic mass is 9.43. The second-order valence-corrected chi connectivity index (χ2v) is 22.7. The third-order valence-corrected chi connectivity index (χ3v) is 15.5. The van der Waals surface area contributed by atoms with Crippen LogP contribution in [-0.2, 0) is 15.7 Å². The topological polar surface area (TPSA) is 34.8 Å². The largest absolute Gasteiger partial charge is 0.476 e. The lowest BCUT2D eigenvalue weighted by Crippen LogP contribution is -2.65. The number of aryl methyl sites for hydroxylation is 1. The number of fused-ring (bicyclic) bond motifs is 1. The van der Waals surface area contributed by atoms with Crippen molar-refractivity contribution in [3.8, 4) is 0 Å². The molecule has 4 nitrogen and oxygen atoms in total. The molecule has 0 radical (unpaired) electrons.